The van der Waals surface area contributed by atoms with Gasteiger partial charge in [0.05, 0.1) is 6.10 Å². The van der Waals surface area contributed by atoms with Gasteiger partial charge in [-0.3, -0.25) is 0 Å². The number of rotatable bonds is 3. The molecule has 78 valence electrons. The molecule has 0 aliphatic heterocycles. The third kappa shape index (κ3) is 2.74. The predicted octanol–water partition coefficient (Wildman–Crippen LogP) is 1.98. The fourth-order valence-corrected chi connectivity index (χ4v) is 1.63. The van der Waals surface area contributed by atoms with Crippen molar-refractivity contribution in [3.8, 4) is 0 Å². The van der Waals surface area contributed by atoms with Crippen LogP contribution >= 0.6 is 0 Å². The lowest BCUT2D eigenvalue weighted by molar-refractivity contribution is 0.195. The first-order chi connectivity index (χ1) is 6.50. The fourth-order valence-electron chi connectivity index (χ4n) is 1.63. The van der Waals surface area contributed by atoms with Crippen molar-refractivity contribution in [1.29, 1.82) is 0 Å². The third-order valence-electron chi connectivity index (χ3n) is 2.23. The number of aryl methyl sites for hydroxylation is 1. The van der Waals surface area contributed by atoms with Crippen LogP contribution in [0.25, 0.3) is 0 Å². The van der Waals surface area contributed by atoms with Crippen molar-refractivity contribution < 1.29 is 5.11 Å². The van der Waals surface area contributed by atoms with Crippen LogP contribution in [0.5, 0.6) is 0 Å². The summed E-state index contributed by atoms with van der Waals surface area (Å²) in [5.41, 5.74) is 3.65. The Morgan fingerprint density at radius 1 is 1.36 bits per heavy atom. The van der Waals surface area contributed by atoms with Crippen LogP contribution in [0.4, 0.5) is 5.69 Å². The number of hydrogen-bond acceptors (Lipinski definition) is 2. The molecule has 1 aromatic rings. The first kappa shape index (κ1) is 11.1. The van der Waals surface area contributed by atoms with Crippen molar-refractivity contribution in [1.82, 2.24) is 0 Å². The quantitative estimate of drug-likeness (QED) is 0.793. The minimum Gasteiger partial charge on any atom is -0.393 e. The lowest BCUT2D eigenvalue weighted by Gasteiger charge is -2.18. The van der Waals surface area contributed by atoms with E-state index in [1.54, 1.807) is 0 Å². The van der Waals surface area contributed by atoms with Gasteiger partial charge in [0, 0.05) is 26.2 Å². The maximum absolute atomic E-state index is 9.38. The first-order valence-electron chi connectivity index (χ1n) is 4.95. The molecule has 14 heavy (non-hydrogen) atoms. The molecule has 0 fully saturated rings. The molecule has 1 unspecified atom stereocenters. The molecule has 1 N–H and O–H groups in total. The molecule has 0 bridgehead atoms. The van der Waals surface area contributed by atoms with Gasteiger partial charge >= 0.3 is 0 Å². The van der Waals surface area contributed by atoms with E-state index < -0.39 is 0 Å². The lowest BCUT2D eigenvalue weighted by Crippen LogP contribution is -2.14. The third-order valence-corrected chi connectivity index (χ3v) is 2.23. The van der Waals surface area contributed by atoms with Crippen LogP contribution in [0.1, 0.15) is 18.1 Å². The van der Waals surface area contributed by atoms with Gasteiger partial charge in [0.15, 0.2) is 0 Å². The second-order valence-electron chi connectivity index (χ2n) is 4.08. The summed E-state index contributed by atoms with van der Waals surface area (Å²) in [6.45, 7) is 3.90. The van der Waals surface area contributed by atoms with Gasteiger partial charge in [-0.1, -0.05) is 17.7 Å². The minimum atomic E-state index is -0.282. The number of anilines is 1. The summed E-state index contributed by atoms with van der Waals surface area (Å²) < 4.78 is 0. The van der Waals surface area contributed by atoms with Crippen LogP contribution in [0.3, 0.4) is 0 Å². The van der Waals surface area contributed by atoms with E-state index in [4.69, 9.17) is 0 Å². The van der Waals surface area contributed by atoms with Crippen LogP contribution in [0.2, 0.25) is 0 Å². The van der Waals surface area contributed by atoms with Gasteiger partial charge < -0.3 is 10.0 Å². The SMILES string of the molecule is Cc1ccc(N(C)C)c(CC(C)O)c1. The second kappa shape index (κ2) is 4.47. The fraction of sp³-hybridized carbons (Fsp3) is 0.500. The molecule has 0 saturated carbocycles. The van der Waals surface area contributed by atoms with Crippen LogP contribution in [-0.2, 0) is 6.42 Å². The average molecular weight is 193 g/mol. The Hall–Kier alpha value is -1.02. The van der Waals surface area contributed by atoms with Gasteiger partial charge in [0.1, 0.15) is 0 Å². The van der Waals surface area contributed by atoms with Gasteiger partial charge in [-0.15, -0.1) is 0 Å². The Balaban J connectivity index is 3.03. The second-order valence-corrected chi connectivity index (χ2v) is 4.08. The summed E-state index contributed by atoms with van der Waals surface area (Å²) in [4.78, 5) is 2.08. The maximum Gasteiger partial charge on any atom is 0.0553 e. The van der Waals surface area contributed by atoms with E-state index in [2.05, 4.69) is 30.0 Å². The van der Waals surface area contributed by atoms with E-state index in [1.807, 2.05) is 21.0 Å². The van der Waals surface area contributed by atoms with Crippen molar-refractivity contribution in [3.05, 3.63) is 29.3 Å². The zero-order valence-electron chi connectivity index (χ0n) is 9.41. The topological polar surface area (TPSA) is 23.5 Å². The number of nitrogens with zero attached hydrogens (tertiary/aromatic N) is 1. The summed E-state index contributed by atoms with van der Waals surface area (Å²) in [5.74, 6) is 0. The van der Waals surface area contributed by atoms with Crippen molar-refractivity contribution in [3.63, 3.8) is 0 Å². The highest BCUT2D eigenvalue weighted by molar-refractivity contribution is 5.54. The number of aliphatic hydroxyl groups is 1. The molecule has 0 amide bonds. The standard InChI is InChI=1S/C12H19NO/c1-9-5-6-12(13(3)4)11(7-9)8-10(2)14/h5-7,10,14H,8H2,1-4H3. The highest BCUT2D eigenvalue weighted by Crippen LogP contribution is 2.21. The highest BCUT2D eigenvalue weighted by Gasteiger charge is 2.07. The number of hydrogen-bond donors (Lipinski definition) is 1. The summed E-state index contributed by atoms with van der Waals surface area (Å²) in [7, 11) is 4.05. The van der Waals surface area contributed by atoms with E-state index >= 15 is 0 Å². The molecule has 1 rings (SSSR count). The predicted molar refractivity (Wildman–Crippen MR) is 60.9 cm³/mol. The Morgan fingerprint density at radius 3 is 2.50 bits per heavy atom. The summed E-state index contributed by atoms with van der Waals surface area (Å²) in [6, 6.07) is 6.34. The monoisotopic (exact) mass is 193 g/mol. The molecule has 0 radical (unpaired) electrons. The molecular weight excluding hydrogens is 174 g/mol. The molecule has 1 aromatic carbocycles. The smallest absolute Gasteiger partial charge is 0.0553 e. The van der Waals surface area contributed by atoms with Crippen LogP contribution in [0, 0.1) is 6.92 Å². The van der Waals surface area contributed by atoms with Crippen molar-refractivity contribution in [2.24, 2.45) is 0 Å². The van der Waals surface area contributed by atoms with E-state index in [1.165, 1.54) is 16.8 Å². The van der Waals surface area contributed by atoms with E-state index in [-0.39, 0.29) is 6.10 Å². The Labute approximate surface area is 86.2 Å². The summed E-state index contributed by atoms with van der Waals surface area (Å²) in [6.07, 6.45) is 0.436. The van der Waals surface area contributed by atoms with Gasteiger partial charge in [-0.05, 0) is 25.5 Å². The molecular formula is C12H19NO. The normalized spacial score (nSPS) is 12.6. The molecule has 0 aliphatic carbocycles. The van der Waals surface area contributed by atoms with Crippen molar-refractivity contribution >= 4 is 5.69 Å². The zero-order chi connectivity index (χ0) is 10.7. The van der Waals surface area contributed by atoms with Gasteiger partial charge in [0.2, 0.25) is 0 Å². The van der Waals surface area contributed by atoms with Gasteiger partial charge in [0.25, 0.3) is 0 Å². The number of benzene rings is 1. The van der Waals surface area contributed by atoms with Crippen LogP contribution in [0.15, 0.2) is 18.2 Å². The van der Waals surface area contributed by atoms with E-state index in [0.717, 1.165) is 6.42 Å². The molecule has 0 aromatic heterocycles. The summed E-state index contributed by atoms with van der Waals surface area (Å²) >= 11 is 0. The largest absolute Gasteiger partial charge is 0.393 e. The molecule has 2 nitrogen and oxygen atoms in total. The van der Waals surface area contributed by atoms with Gasteiger partial charge in [-0.25, -0.2) is 0 Å². The van der Waals surface area contributed by atoms with E-state index in [0.29, 0.717) is 0 Å². The Kier molecular flexibility index (Phi) is 3.53. The van der Waals surface area contributed by atoms with Gasteiger partial charge in [-0.2, -0.15) is 0 Å². The maximum atomic E-state index is 9.38. The molecule has 0 saturated heterocycles. The van der Waals surface area contributed by atoms with Crippen LogP contribution in [-0.4, -0.2) is 25.3 Å². The van der Waals surface area contributed by atoms with Crippen molar-refractivity contribution in [2.75, 3.05) is 19.0 Å². The van der Waals surface area contributed by atoms with E-state index in [9.17, 15) is 5.11 Å². The minimum absolute atomic E-state index is 0.282. The molecule has 0 heterocycles. The molecule has 0 spiro atoms. The summed E-state index contributed by atoms with van der Waals surface area (Å²) in [5, 5.41) is 9.38. The van der Waals surface area contributed by atoms with Crippen LogP contribution < -0.4 is 4.90 Å². The molecule has 2 heteroatoms. The average Bonchev–Trinajstić information content (AvgIpc) is 2.01. The van der Waals surface area contributed by atoms with Crippen molar-refractivity contribution in [2.45, 2.75) is 26.4 Å². The first-order valence-corrected chi connectivity index (χ1v) is 4.95. The number of aliphatic hydroxyl groups excluding tert-OH is 1. The molecule has 0 aliphatic rings. The highest BCUT2D eigenvalue weighted by atomic mass is 16.3. The Bertz CT molecular complexity index is 305. The molecule has 1 atom stereocenters. The zero-order valence-corrected chi connectivity index (χ0v) is 9.41. The Morgan fingerprint density at radius 2 is 2.00 bits per heavy atom. The lowest BCUT2D eigenvalue weighted by atomic mass is 10.0.